The highest BCUT2D eigenvalue weighted by Crippen LogP contribution is 2.37. The Hall–Kier alpha value is -2.68. The summed E-state index contributed by atoms with van der Waals surface area (Å²) in [6.07, 6.45) is -0.225. The molecule has 0 radical (unpaired) electrons. The van der Waals surface area contributed by atoms with E-state index in [4.69, 9.17) is 27.9 Å². The maximum absolute atomic E-state index is 14.7. The summed E-state index contributed by atoms with van der Waals surface area (Å²) in [5.41, 5.74) is 0.609. The summed E-state index contributed by atoms with van der Waals surface area (Å²) in [5.74, 6) is -2.58. The summed E-state index contributed by atoms with van der Waals surface area (Å²) in [6.45, 7) is 1.42. The molecule has 1 amide bonds. The van der Waals surface area contributed by atoms with Crippen LogP contribution in [0.2, 0.25) is 10.0 Å². The Balaban J connectivity index is 1.73. The highest BCUT2D eigenvalue weighted by Gasteiger charge is 2.36. The molecule has 2 atom stereocenters. The maximum atomic E-state index is 14.7. The minimum Gasteiger partial charge on any atom is -0.449 e. The Bertz CT molecular complexity index is 1270. The number of hydrogen-bond acceptors (Lipinski definition) is 4. The van der Waals surface area contributed by atoms with Gasteiger partial charge in [-0.3, -0.25) is 0 Å². The average molecular weight is 542 g/mol. The van der Waals surface area contributed by atoms with E-state index in [0.29, 0.717) is 16.5 Å². The fraction of sp³-hybridized carbons (Fsp3) is 0.240. The van der Waals surface area contributed by atoms with Gasteiger partial charge in [-0.1, -0.05) is 42.3 Å². The van der Waals surface area contributed by atoms with E-state index in [-0.39, 0.29) is 23.6 Å². The van der Waals surface area contributed by atoms with E-state index in [0.717, 1.165) is 23.8 Å². The lowest BCUT2D eigenvalue weighted by atomic mass is 10.0. The van der Waals surface area contributed by atoms with Gasteiger partial charge < -0.3 is 10.1 Å². The zero-order valence-corrected chi connectivity index (χ0v) is 21.0. The molecule has 5 nitrogen and oxygen atoms in total. The van der Waals surface area contributed by atoms with Crippen molar-refractivity contribution in [1.82, 2.24) is 5.32 Å². The summed E-state index contributed by atoms with van der Waals surface area (Å²) >= 11 is 11.7. The minimum absolute atomic E-state index is 0.116. The summed E-state index contributed by atoms with van der Waals surface area (Å²) in [4.78, 5) is 12.1. The Morgan fingerprint density at radius 2 is 1.57 bits per heavy atom. The number of rotatable bonds is 9. The van der Waals surface area contributed by atoms with E-state index in [9.17, 15) is 22.0 Å². The van der Waals surface area contributed by atoms with Gasteiger partial charge in [0.25, 0.3) is 0 Å². The number of nitrogens with one attached hydrogen (secondary N) is 1. The molecule has 10 heteroatoms. The quantitative estimate of drug-likeness (QED) is 0.340. The molecule has 0 aliphatic heterocycles. The molecule has 0 unspecified atom stereocenters. The third-order valence-electron chi connectivity index (χ3n) is 5.33. The van der Waals surface area contributed by atoms with E-state index < -0.39 is 38.7 Å². The van der Waals surface area contributed by atoms with Gasteiger partial charge in [0, 0.05) is 28.1 Å². The van der Waals surface area contributed by atoms with Gasteiger partial charge in [0.15, 0.2) is 9.84 Å². The van der Waals surface area contributed by atoms with Crippen LogP contribution in [0.5, 0.6) is 0 Å². The molecule has 0 aromatic heterocycles. The smallest absolute Gasteiger partial charge is 0.407 e. The van der Waals surface area contributed by atoms with Crippen molar-refractivity contribution in [2.24, 2.45) is 5.92 Å². The van der Waals surface area contributed by atoms with Crippen molar-refractivity contribution in [3.8, 4) is 0 Å². The first kappa shape index (κ1) is 26.9. The predicted molar refractivity (Wildman–Crippen MR) is 131 cm³/mol. The van der Waals surface area contributed by atoms with E-state index in [1.165, 1.54) is 31.2 Å². The highest BCUT2D eigenvalue weighted by atomic mass is 35.5. The molecule has 35 heavy (non-hydrogen) atoms. The van der Waals surface area contributed by atoms with Crippen molar-refractivity contribution < 1.29 is 26.7 Å². The van der Waals surface area contributed by atoms with Crippen molar-refractivity contribution in [3.63, 3.8) is 0 Å². The second-order valence-electron chi connectivity index (χ2n) is 7.96. The van der Waals surface area contributed by atoms with E-state index in [2.05, 4.69) is 5.32 Å². The van der Waals surface area contributed by atoms with Gasteiger partial charge in [-0.15, -0.1) is 0 Å². The Labute approximate surface area is 212 Å². The molecule has 0 saturated heterocycles. The molecular formula is C25H23Cl2F2NO4S. The van der Waals surface area contributed by atoms with Crippen LogP contribution < -0.4 is 5.32 Å². The lowest BCUT2D eigenvalue weighted by Crippen LogP contribution is -2.31. The molecule has 0 bridgehead atoms. The van der Waals surface area contributed by atoms with Crippen LogP contribution in [0.4, 0.5) is 13.6 Å². The largest absolute Gasteiger partial charge is 0.449 e. The molecule has 0 spiro atoms. The number of benzene rings is 3. The summed E-state index contributed by atoms with van der Waals surface area (Å²) in [6, 6.07) is 15.1. The Kier molecular flexibility index (Phi) is 9.10. The number of carbonyl (C=O) groups is 1. The number of ether oxygens (including phenoxy) is 1. The first-order valence-corrected chi connectivity index (χ1v) is 13.0. The molecule has 186 valence electrons. The van der Waals surface area contributed by atoms with Crippen molar-refractivity contribution in [1.29, 1.82) is 0 Å². The molecular weight excluding hydrogens is 519 g/mol. The fourth-order valence-electron chi connectivity index (χ4n) is 3.59. The Morgan fingerprint density at radius 3 is 2.20 bits per heavy atom. The summed E-state index contributed by atoms with van der Waals surface area (Å²) in [5, 5.41) is 2.00. The first-order valence-electron chi connectivity index (χ1n) is 10.7. The van der Waals surface area contributed by atoms with E-state index in [1.54, 1.807) is 12.1 Å². The third-order valence-corrected chi connectivity index (χ3v) is 8.15. The summed E-state index contributed by atoms with van der Waals surface area (Å²) < 4.78 is 60.7. The van der Waals surface area contributed by atoms with Gasteiger partial charge in [0.05, 0.1) is 16.8 Å². The van der Waals surface area contributed by atoms with E-state index in [1.807, 2.05) is 12.1 Å². The number of carbonyl (C=O) groups excluding carboxylic acids is 1. The zero-order valence-electron chi connectivity index (χ0n) is 18.7. The molecule has 3 aromatic carbocycles. The number of alkyl carbamates (subject to hydrolysis) is 1. The molecule has 0 saturated carbocycles. The first-order chi connectivity index (χ1) is 16.6. The standard InChI is InChI=1S/C25H23Cl2F2NO4S/c1-16(15-34-25(31)30-13-12-17-2-4-18(26)5-3-17)24(22-14-20(28)8-11-23(22)29)35(32,33)21-9-6-19(27)7-10-21/h2-11,14,16,24H,12-13,15H2,1H3,(H,30,31)/t16-,24+/m1/s1. The van der Waals surface area contributed by atoms with Gasteiger partial charge in [0.2, 0.25) is 0 Å². The number of hydrogen-bond donors (Lipinski definition) is 1. The Morgan fingerprint density at radius 1 is 0.971 bits per heavy atom. The van der Waals surface area contributed by atoms with Crippen LogP contribution in [0.3, 0.4) is 0 Å². The third kappa shape index (κ3) is 7.16. The highest BCUT2D eigenvalue weighted by molar-refractivity contribution is 7.91. The molecule has 3 aromatic rings. The second kappa shape index (κ2) is 11.8. The van der Waals surface area contributed by atoms with Crippen LogP contribution in [0, 0.1) is 17.6 Å². The number of sulfone groups is 1. The van der Waals surface area contributed by atoms with Crippen LogP contribution >= 0.6 is 23.2 Å². The molecule has 0 heterocycles. The number of halogens is 4. The van der Waals surface area contributed by atoms with Gasteiger partial charge in [0.1, 0.15) is 11.6 Å². The molecule has 1 N–H and O–H groups in total. The lowest BCUT2D eigenvalue weighted by molar-refractivity contribution is 0.128. The SMILES string of the molecule is C[C@H](COC(=O)NCCc1ccc(Cl)cc1)[C@@H](c1cc(F)ccc1F)S(=O)(=O)c1ccc(Cl)cc1. The normalized spacial score (nSPS) is 13.2. The molecule has 0 aliphatic rings. The maximum Gasteiger partial charge on any atom is 0.407 e. The minimum atomic E-state index is -4.20. The zero-order chi connectivity index (χ0) is 25.6. The van der Waals surface area contributed by atoms with Gasteiger partial charge in [-0.2, -0.15) is 0 Å². The van der Waals surface area contributed by atoms with Crippen LogP contribution in [0.15, 0.2) is 71.6 Å². The number of amides is 1. The monoisotopic (exact) mass is 541 g/mol. The topological polar surface area (TPSA) is 72.5 Å². The molecule has 3 rings (SSSR count). The van der Waals surface area contributed by atoms with Crippen molar-refractivity contribution >= 4 is 39.1 Å². The van der Waals surface area contributed by atoms with Crippen molar-refractivity contribution in [3.05, 3.63) is 99.5 Å². The van der Waals surface area contributed by atoms with Crippen LogP contribution in [0.1, 0.15) is 23.3 Å². The van der Waals surface area contributed by atoms with Crippen LogP contribution in [0.25, 0.3) is 0 Å². The van der Waals surface area contributed by atoms with E-state index >= 15 is 0 Å². The predicted octanol–water partition coefficient (Wildman–Crippen LogP) is 6.39. The van der Waals surface area contributed by atoms with Gasteiger partial charge in [-0.05, 0) is 66.6 Å². The fourth-order valence-corrected chi connectivity index (χ4v) is 5.85. The van der Waals surface area contributed by atoms with Crippen LogP contribution in [-0.4, -0.2) is 27.7 Å². The van der Waals surface area contributed by atoms with Crippen molar-refractivity contribution in [2.75, 3.05) is 13.2 Å². The van der Waals surface area contributed by atoms with Gasteiger partial charge >= 0.3 is 6.09 Å². The van der Waals surface area contributed by atoms with Crippen LogP contribution in [-0.2, 0) is 21.0 Å². The average Bonchev–Trinajstić information content (AvgIpc) is 2.81. The molecule has 0 aliphatic carbocycles. The second-order valence-corrected chi connectivity index (χ2v) is 10.9. The summed E-state index contributed by atoms with van der Waals surface area (Å²) in [7, 11) is -4.20. The molecule has 0 fully saturated rings. The van der Waals surface area contributed by atoms with Gasteiger partial charge in [-0.25, -0.2) is 22.0 Å². The van der Waals surface area contributed by atoms with Crippen molar-refractivity contribution in [2.45, 2.75) is 23.5 Å². The lowest BCUT2D eigenvalue weighted by Gasteiger charge is -2.25.